The van der Waals surface area contributed by atoms with Gasteiger partial charge in [-0.3, -0.25) is 10.1 Å². The number of non-ortho nitro benzene ring substituents is 1. The standard InChI is InChI=1S/C14H20BrN3O2/c1-2-17-8-3-4-11(7-9-17)16-14-10-12(18(19)20)5-6-13(14)15/h5-6,10-11,16H,2-4,7-9H2,1H3. The van der Waals surface area contributed by atoms with Gasteiger partial charge in [0.15, 0.2) is 0 Å². The van der Waals surface area contributed by atoms with Gasteiger partial charge < -0.3 is 10.2 Å². The number of nitrogens with zero attached hydrogens (tertiary/aromatic N) is 2. The van der Waals surface area contributed by atoms with E-state index in [1.807, 2.05) is 0 Å². The monoisotopic (exact) mass is 341 g/mol. The molecule has 1 fully saturated rings. The predicted molar refractivity (Wildman–Crippen MR) is 84.2 cm³/mol. The third-order valence-electron chi connectivity index (χ3n) is 3.79. The number of nitrogens with one attached hydrogen (secondary N) is 1. The summed E-state index contributed by atoms with van der Waals surface area (Å²) in [5.74, 6) is 0. The van der Waals surface area contributed by atoms with Crippen LogP contribution in [0.15, 0.2) is 22.7 Å². The van der Waals surface area contributed by atoms with E-state index < -0.39 is 0 Å². The molecule has 110 valence electrons. The van der Waals surface area contributed by atoms with Gasteiger partial charge in [-0.25, -0.2) is 0 Å². The van der Waals surface area contributed by atoms with Crippen LogP contribution in [0.3, 0.4) is 0 Å². The van der Waals surface area contributed by atoms with E-state index in [9.17, 15) is 10.1 Å². The predicted octanol–water partition coefficient (Wildman–Crippen LogP) is 3.64. The number of hydrogen-bond donors (Lipinski definition) is 1. The summed E-state index contributed by atoms with van der Waals surface area (Å²) in [5.41, 5.74) is 0.939. The summed E-state index contributed by atoms with van der Waals surface area (Å²) in [6, 6.07) is 5.23. The number of benzene rings is 1. The molecule has 1 aromatic carbocycles. The highest BCUT2D eigenvalue weighted by molar-refractivity contribution is 9.10. The SMILES string of the molecule is CCN1CCCC(Nc2cc([N+](=O)[O-])ccc2Br)CC1. The maximum absolute atomic E-state index is 10.8. The van der Waals surface area contributed by atoms with Crippen LogP contribution in [0.4, 0.5) is 11.4 Å². The Balaban J connectivity index is 2.05. The summed E-state index contributed by atoms with van der Waals surface area (Å²) in [4.78, 5) is 12.9. The topological polar surface area (TPSA) is 58.4 Å². The van der Waals surface area contributed by atoms with Crippen molar-refractivity contribution in [3.8, 4) is 0 Å². The van der Waals surface area contributed by atoms with Crippen molar-refractivity contribution in [2.45, 2.75) is 32.2 Å². The molecule has 1 heterocycles. The van der Waals surface area contributed by atoms with Gasteiger partial charge in [0.05, 0.1) is 10.6 Å². The molecule has 0 spiro atoms. The van der Waals surface area contributed by atoms with Crippen LogP contribution in [0.5, 0.6) is 0 Å². The first-order valence-corrected chi connectivity index (χ1v) is 7.82. The number of nitro groups is 1. The first kappa shape index (κ1) is 15.3. The summed E-state index contributed by atoms with van der Waals surface area (Å²) in [6.07, 6.45) is 3.34. The van der Waals surface area contributed by atoms with Crippen LogP contribution < -0.4 is 5.32 Å². The van der Waals surface area contributed by atoms with Crippen LogP contribution in [-0.2, 0) is 0 Å². The van der Waals surface area contributed by atoms with Crippen LogP contribution in [0, 0.1) is 10.1 Å². The van der Waals surface area contributed by atoms with E-state index in [1.165, 1.54) is 6.07 Å². The number of nitro benzene ring substituents is 1. The molecule has 1 N–H and O–H groups in total. The Morgan fingerprint density at radius 2 is 2.25 bits per heavy atom. The molecule has 0 aliphatic carbocycles. The van der Waals surface area contributed by atoms with Crippen molar-refractivity contribution in [1.82, 2.24) is 4.90 Å². The number of hydrogen-bond acceptors (Lipinski definition) is 4. The van der Waals surface area contributed by atoms with Crippen LogP contribution >= 0.6 is 15.9 Å². The Morgan fingerprint density at radius 3 is 2.95 bits per heavy atom. The van der Waals surface area contributed by atoms with Gasteiger partial charge in [-0.05, 0) is 54.3 Å². The van der Waals surface area contributed by atoms with Crippen molar-refractivity contribution in [1.29, 1.82) is 0 Å². The zero-order valence-electron chi connectivity index (χ0n) is 11.6. The highest BCUT2D eigenvalue weighted by Gasteiger charge is 2.18. The van der Waals surface area contributed by atoms with Crippen molar-refractivity contribution in [3.05, 3.63) is 32.8 Å². The Morgan fingerprint density at radius 1 is 1.45 bits per heavy atom. The molecule has 1 aromatic rings. The second-order valence-electron chi connectivity index (χ2n) is 5.13. The Bertz CT molecular complexity index is 481. The molecule has 2 rings (SSSR count). The highest BCUT2D eigenvalue weighted by Crippen LogP contribution is 2.29. The molecule has 1 aliphatic rings. The second kappa shape index (κ2) is 7.04. The van der Waals surface area contributed by atoms with Crippen LogP contribution in [-0.4, -0.2) is 35.5 Å². The van der Waals surface area contributed by atoms with Crippen molar-refractivity contribution in [3.63, 3.8) is 0 Å². The average Bonchev–Trinajstić information content (AvgIpc) is 2.66. The molecule has 0 saturated carbocycles. The molecule has 1 saturated heterocycles. The summed E-state index contributed by atoms with van der Waals surface area (Å²) in [6.45, 7) is 5.50. The molecule has 1 aliphatic heterocycles. The van der Waals surface area contributed by atoms with Crippen LogP contribution in [0.1, 0.15) is 26.2 Å². The number of anilines is 1. The van der Waals surface area contributed by atoms with Gasteiger partial charge in [0.25, 0.3) is 5.69 Å². The molecule has 1 unspecified atom stereocenters. The summed E-state index contributed by atoms with van der Waals surface area (Å²) >= 11 is 3.46. The lowest BCUT2D eigenvalue weighted by atomic mass is 10.1. The molecule has 0 aromatic heterocycles. The molecule has 1 atom stereocenters. The lowest BCUT2D eigenvalue weighted by molar-refractivity contribution is -0.384. The van der Waals surface area contributed by atoms with E-state index in [0.717, 1.165) is 49.1 Å². The first-order valence-electron chi connectivity index (χ1n) is 7.03. The van der Waals surface area contributed by atoms with Gasteiger partial charge in [-0.1, -0.05) is 6.92 Å². The lowest BCUT2D eigenvalue weighted by Crippen LogP contribution is -2.26. The lowest BCUT2D eigenvalue weighted by Gasteiger charge is -2.19. The van der Waals surface area contributed by atoms with E-state index in [-0.39, 0.29) is 10.6 Å². The molecule has 20 heavy (non-hydrogen) atoms. The van der Waals surface area contributed by atoms with Crippen molar-refractivity contribution in [2.24, 2.45) is 0 Å². The maximum Gasteiger partial charge on any atom is 0.271 e. The van der Waals surface area contributed by atoms with Gasteiger partial charge in [0, 0.05) is 29.2 Å². The molecule has 6 heteroatoms. The summed E-state index contributed by atoms with van der Waals surface area (Å²) in [5, 5.41) is 14.3. The highest BCUT2D eigenvalue weighted by atomic mass is 79.9. The van der Waals surface area contributed by atoms with Crippen LogP contribution in [0.2, 0.25) is 0 Å². The Hall–Kier alpha value is -1.14. The third-order valence-corrected chi connectivity index (χ3v) is 4.48. The smallest absolute Gasteiger partial charge is 0.271 e. The molecule has 0 amide bonds. The van der Waals surface area contributed by atoms with Gasteiger partial charge in [0.2, 0.25) is 0 Å². The first-order chi connectivity index (χ1) is 9.60. The van der Waals surface area contributed by atoms with Crippen LogP contribution in [0.25, 0.3) is 0 Å². The molecular weight excluding hydrogens is 322 g/mol. The van der Waals surface area contributed by atoms with E-state index >= 15 is 0 Å². The molecular formula is C14H20BrN3O2. The minimum Gasteiger partial charge on any atom is -0.381 e. The van der Waals surface area contributed by atoms with Gasteiger partial charge >= 0.3 is 0 Å². The third kappa shape index (κ3) is 3.93. The molecule has 0 radical (unpaired) electrons. The summed E-state index contributed by atoms with van der Waals surface area (Å²) in [7, 11) is 0. The largest absolute Gasteiger partial charge is 0.381 e. The second-order valence-corrected chi connectivity index (χ2v) is 5.98. The maximum atomic E-state index is 10.8. The van der Waals surface area contributed by atoms with Gasteiger partial charge in [0.1, 0.15) is 0 Å². The number of likely N-dealkylation sites (tertiary alicyclic amines) is 1. The van der Waals surface area contributed by atoms with Crippen molar-refractivity contribution >= 4 is 27.3 Å². The fraction of sp³-hybridized carbons (Fsp3) is 0.571. The van der Waals surface area contributed by atoms with Crippen molar-refractivity contribution < 1.29 is 4.92 Å². The number of halogens is 1. The molecule has 5 nitrogen and oxygen atoms in total. The zero-order valence-corrected chi connectivity index (χ0v) is 13.2. The fourth-order valence-electron chi connectivity index (χ4n) is 2.57. The average molecular weight is 342 g/mol. The molecule has 0 bridgehead atoms. The minimum absolute atomic E-state index is 0.125. The zero-order chi connectivity index (χ0) is 14.5. The minimum atomic E-state index is -0.358. The normalized spacial score (nSPS) is 20.4. The summed E-state index contributed by atoms with van der Waals surface area (Å²) < 4.78 is 0.875. The van der Waals surface area contributed by atoms with E-state index in [2.05, 4.69) is 33.1 Å². The van der Waals surface area contributed by atoms with Gasteiger partial charge in [-0.15, -0.1) is 0 Å². The Labute approximate surface area is 127 Å². The quantitative estimate of drug-likeness (QED) is 0.670. The van der Waals surface area contributed by atoms with E-state index in [0.29, 0.717) is 6.04 Å². The van der Waals surface area contributed by atoms with Gasteiger partial charge in [-0.2, -0.15) is 0 Å². The van der Waals surface area contributed by atoms with E-state index in [1.54, 1.807) is 12.1 Å². The fourth-order valence-corrected chi connectivity index (χ4v) is 2.93. The van der Waals surface area contributed by atoms with Crippen molar-refractivity contribution in [2.75, 3.05) is 25.0 Å². The number of rotatable bonds is 4. The van der Waals surface area contributed by atoms with E-state index in [4.69, 9.17) is 0 Å². The Kier molecular flexibility index (Phi) is 5.37.